The van der Waals surface area contributed by atoms with Crippen LogP contribution < -0.4 is 15.1 Å². The van der Waals surface area contributed by atoms with Gasteiger partial charge in [0.1, 0.15) is 5.69 Å². The maximum absolute atomic E-state index is 12.9. The summed E-state index contributed by atoms with van der Waals surface area (Å²) in [6.45, 7) is 10.1. The van der Waals surface area contributed by atoms with Gasteiger partial charge in [0.05, 0.1) is 17.1 Å². The van der Waals surface area contributed by atoms with Crippen molar-refractivity contribution in [1.82, 2.24) is 15.3 Å². The van der Waals surface area contributed by atoms with Crippen LogP contribution in [0.25, 0.3) is 11.0 Å². The lowest BCUT2D eigenvalue weighted by molar-refractivity contribution is -0.121. The van der Waals surface area contributed by atoms with Gasteiger partial charge < -0.3 is 15.1 Å². The fourth-order valence-corrected chi connectivity index (χ4v) is 4.40. The Balaban J connectivity index is 1.63. The smallest absolute Gasteiger partial charge is 0.243 e. The summed E-state index contributed by atoms with van der Waals surface area (Å²) in [5, 5.41) is 12.8. The van der Waals surface area contributed by atoms with Gasteiger partial charge in [-0.25, -0.2) is 9.97 Å². The van der Waals surface area contributed by atoms with Gasteiger partial charge in [0.15, 0.2) is 11.7 Å². The SMILES string of the molecule is CCCCNC(=O)[C@H](C#N)c1nc2ccccc2nc1N1CCN(c2cccc(C)c2C)CC1. The van der Waals surface area contributed by atoms with Gasteiger partial charge in [0.2, 0.25) is 5.91 Å². The van der Waals surface area contributed by atoms with Crippen LogP contribution in [0.1, 0.15) is 42.5 Å². The van der Waals surface area contributed by atoms with E-state index in [-0.39, 0.29) is 5.91 Å². The van der Waals surface area contributed by atoms with Crippen molar-refractivity contribution in [3.8, 4) is 6.07 Å². The molecule has 0 saturated carbocycles. The minimum Gasteiger partial charge on any atom is -0.368 e. The molecule has 7 heteroatoms. The predicted octanol–water partition coefficient (Wildman–Crippen LogP) is 4.10. The topological polar surface area (TPSA) is 85.1 Å². The van der Waals surface area contributed by atoms with Crippen LogP contribution in [0.5, 0.6) is 0 Å². The van der Waals surface area contributed by atoms with E-state index < -0.39 is 5.92 Å². The molecule has 0 radical (unpaired) electrons. The Kier molecular flexibility index (Phi) is 7.27. The first-order valence-electron chi connectivity index (χ1n) is 12.0. The predicted molar refractivity (Wildman–Crippen MR) is 136 cm³/mol. The zero-order chi connectivity index (χ0) is 24.1. The molecule has 1 aliphatic heterocycles. The van der Waals surface area contributed by atoms with E-state index in [0.29, 0.717) is 23.6 Å². The first kappa shape index (κ1) is 23.5. The van der Waals surface area contributed by atoms with Crippen LogP contribution >= 0.6 is 0 Å². The molecule has 0 unspecified atom stereocenters. The zero-order valence-electron chi connectivity index (χ0n) is 20.2. The van der Waals surface area contributed by atoms with E-state index in [0.717, 1.165) is 44.5 Å². The van der Waals surface area contributed by atoms with Crippen molar-refractivity contribution in [2.45, 2.75) is 39.5 Å². The molecule has 3 aromatic rings. The quantitative estimate of drug-likeness (QED) is 0.539. The van der Waals surface area contributed by atoms with Gasteiger partial charge in [0, 0.05) is 38.4 Å². The van der Waals surface area contributed by atoms with Crippen LogP contribution in [0.4, 0.5) is 11.5 Å². The van der Waals surface area contributed by atoms with Gasteiger partial charge in [-0.3, -0.25) is 4.79 Å². The Morgan fingerprint density at radius 3 is 2.38 bits per heavy atom. The molecule has 1 atom stereocenters. The molecule has 1 saturated heterocycles. The highest BCUT2D eigenvalue weighted by molar-refractivity contribution is 5.88. The lowest BCUT2D eigenvalue weighted by Crippen LogP contribution is -2.47. The van der Waals surface area contributed by atoms with Crippen LogP contribution in [0, 0.1) is 25.2 Å². The van der Waals surface area contributed by atoms with Crippen LogP contribution in [-0.4, -0.2) is 48.6 Å². The van der Waals surface area contributed by atoms with E-state index in [4.69, 9.17) is 9.97 Å². The molecule has 1 amide bonds. The Hall–Kier alpha value is -3.66. The molecule has 176 valence electrons. The zero-order valence-corrected chi connectivity index (χ0v) is 20.2. The number of anilines is 2. The fraction of sp³-hybridized carbons (Fsp3) is 0.407. The Bertz CT molecular complexity index is 1210. The molecule has 7 nitrogen and oxygen atoms in total. The number of para-hydroxylation sites is 2. The number of benzene rings is 2. The molecule has 1 aromatic heterocycles. The van der Waals surface area contributed by atoms with Gasteiger partial charge >= 0.3 is 0 Å². The van der Waals surface area contributed by atoms with Crippen molar-refractivity contribution in [3.05, 3.63) is 59.3 Å². The van der Waals surface area contributed by atoms with Crippen LogP contribution in [0.2, 0.25) is 0 Å². The molecule has 4 rings (SSSR count). The normalized spacial score (nSPS) is 14.6. The highest BCUT2D eigenvalue weighted by atomic mass is 16.1. The Morgan fingerprint density at radius 1 is 1.03 bits per heavy atom. The third kappa shape index (κ3) is 4.81. The summed E-state index contributed by atoms with van der Waals surface area (Å²) >= 11 is 0. The van der Waals surface area contributed by atoms with E-state index >= 15 is 0 Å². The number of aryl methyl sites for hydroxylation is 1. The van der Waals surface area contributed by atoms with Crippen LogP contribution in [0.15, 0.2) is 42.5 Å². The highest BCUT2D eigenvalue weighted by Crippen LogP contribution is 2.30. The van der Waals surface area contributed by atoms with Gasteiger partial charge in [-0.1, -0.05) is 37.6 Å². The molecular weight excluding hydrogens is 424 g/mol. The van der Waals surface area contributed by atoms with Crippen molar-refractivity contribution in [2.24, 2.45) is 0 Å². The number of hydrogen-bond acceptors (Lipinski definition) is 6. The number of hydrogen-bond donors (Lipinski definition) is 1. The lowest BCUT2D eigenvalue weighted by Gasteiger charge is -2.38. The number of unbranched alkanes of at least 4 members (excludes halogenated alkanes) is 1. The molecule has 1 fully saturated rings. The van der Waals surface area contributed by atoms with Gasteiger partial charge in [0.25, 0.3) is 0 Å². The molecule has 0 spiro atoms. The summed E-state index contributed by atoms with van der Waals surface area (Å²) in [6, 6.07) is 16.2. The second-order valence-electron chi connectivity index (χ2n) is 8.82. The van der Waals surface area contributed by atoms with Crippen molar-refractivity contribution in [3.63, 3.8) is 0 Å². The third-order valence-corrected chi connectivity index (χ3v) is 6.57. The molecule has 34 heavy (non-hydrogen) atoms. The van der Waals surface area contributed by atoms with Crippen molar-refractivity contribution >= 4 is 28.4 Å². The average molecular weight is 457 g/mol. The molecule has 1 N–H and O–H groups in total. The number of carbonyl (C=O) groups is 1. The summed E-state index contributed by atoms with van der Waals surface area (Å²) in [5.74, 6) is -0.673. The standard InChI is InChI=1S/C27H32N6O/c1-4-5-13-29-27(34)21(18-28)25-26(31-23-11-7-6-10-22(23)30-25)33-16-14-32(15-17-33)24-12-8-9-19(2)20(24)3/h6-12,21H,4-5,13-17H2,1-3H3,(H,29,34)/t21-/m1/s1. The van der Waals surface area contributed by atoms with Crippen molar-refractivity contribution in [2.75, 3.05) is 42.5 Å². The second-order valence-corrected chi connectivity index (χ2v) is 8.82. The molecule has 1 aliphatic rings. The largest absolute Gasteiger partial charge is 0.368 e. The van der Waals surface area contributed by atoms with E-state index in [1.165, 1.54) is 16.8 Å². The Labute approximate surface area is 201 Å². The summed E-state index contributed by atoms with van der Waals surface area (Å²) in [7, 11) is 0. The fourth-order valence-electron chi connectivity index (χ4n) is 4.40. The van der Waals surface area contributed by atoms with E-state index in [2.05, 4.69) is 60.2 Å². The molecule has 2 heterocycles. The third-order valence-electron chi connectivity index (χ3n) is 6.57. The number of nitriles is 1. The second kappa shape index (κ2) is 10.5. The van der Waals surface area contributed by atoms with Gasteiger partial charge in [-0.2, -0.15) is 5.26 Å². The minimum atomic E-state index is -0.999. The molecule has 0 bridgehead atoms. The number of nitrogens with one attached hydrogen (secondary N) is 1. The highest BCUT2D eigenvalue weighted by Gasteiger charge is 2.30. The number of nitrogens with zero attached hydrogens (tertiary/aromatic N) is 5. The number of fused-ring (bicyclic) bond motifs is 1. The van der Waals surface area contributed by atoms with Crippen LogP contribution in [0.3, 0.4) is 0 Å². The maximum Gasteiger partial charge on any atom is 0.243 e. The number of amides is 1. The lowest BCUT2D eigenvalue weighted by atomic mass is 10.0. The summed E-state index contributed by atoms with van der Waals surface area (Å²) in [4.78, 5) is 27.1. The minimum absolute atomic E-state index is 0.309. The number of rotatable bonds is 7. The van der Waals surface area contributed by atoms with Gasteiger partial charge in [-0.15, -0.1) is 0 Å². The molecule has 2 aromatic carbocycles. The number of aromatic nitrogens is 2. The van der Waals surface area contributed by atoms with Crippen LogP contribution in [-0.2, 0) is 4.79 Å². The Morgan fingerprint density at radius 2 is 1.71 bits per heavy atom. The molecular formula is C27H32N6O. The number of piperazine rings is 1. The first-order valence-corrected chi connectivity index (χ1v) is 12.0. The van der Waals surface area contributed by atoms with Crippen molar-refractivity contribution < 1.29 is 4.79 Å². The first-order chi connectivity index (χ1) is 16.5. The van der Waals surface area contributed by atoms with Crippen molar-refractivity contribution in [1.29, 1.82) is 5.26 Å². The van der Waals surface area contributed by atoms with Gasteiger partial charge in [-0.05, 0) is 49.6 Å². The monoisotopic (exact) mass is 456 g/mol. The average Bonchev–Trinajstić information content (AvgIpc) is 2.86. The summed E-state index contributed by atoms with van der Waals surface area (Å²) < 4.78 is 0. The van der Waals surface area contributed by atoms with E-state index in [9.17, 15) is 10.1 Å². The molecule has 0 aliphatic carbocycles. The number of carbonyl (C=O) groups excluding carboxylic acids is 1. The summed E-state index contributed by atoms with van der Waals surface area (Å²) in [6.07, 6.45) is 1.85. The summed E-state index contributed by atoms with van der Waals surface area (Å²) in [5.41, 5.74) is 5.74. The van der Waals surface area contributed by atoms with E-state index in [1.807, 2.05) is 24.3 Å². The van der Waals surface area contributed by atoms with E-state index in [1.54, 1.807) is 0 Å². The maximum atomic E-state index is 12.9.